The first-order valence-electron chi connectivity index (χ1n) is 7.15. The first kappa shape index (κ1) is 18.1. The molecule has 10 heteroatoms. The molecule has 26 heavy (non-hydrogen) atoms. The van der Waals surface area contributed by atoms with Crippen molar-refractivity contribution in [1.29, 1.82) is 0 Å². The molecule has 0 aliphatic rings. The van der Waals surface area contributed by atoms with Gasteiger partial charge in [0.05, 0.1) is 11.4 Å². The highest BCUT2D eigenvalue weighted by atomic mass is 32.2. The zero-order valence-electron chi connectivity index (χ0n) is 13.2. The normalized spacial score (nSPS) is 12.3. The van der Waals surface area contributed by atoms with Gasteiger partial charge in [0, 0.05) is 30.3 Å². The summed E-state index contributed by atoms with van der Waals surface area (Å²) in [6.45, 7) is 0. The molecule has 3 rings (SSSR count). The first-order chi connectivity index (χ1) is 12.1. The summed E-state index contributed by atoms with van der Waals surface area (Å²) in [4.78, 5) is 3.31. The zero-order chi connectivity index (χ0) is 19.1. The molecule has 0 aliphatic carbocycles. The summed E-state index contributed by atoms with van der Waals surface area (Å²) in [5, 5.41) is 3.51. The van der Waals surface area contributed by atoms with Gasteiger partial charge in [-0.05, 0) is 30.3 Å². The standard InChI is InChI=1S/C16H11F4N3O2S/c1-26(24,25)14-5-4-11(7-12(14)17)23-13(10-3-2-6-21-9-10)8-15(22-23)16(18,19)20/h2-9H,1H3. The third kappa shape index (κ3) is 3.45. The average molecular weight is 385 g/mol. The number of hydrogen-bond donors (Lipinski definition) is 0. The number of sulfone groups is 1. The molecule has 0 spiro atoms. The van der Waals surface area contributed by atoms with E-state index < -0.39 is 32.4 Å². The van der Waals surface area contributed by atoms with Crippen LogP contribution < -0.4 is 0 Å². The van der Waals surface area contributed by atoms with Crippen LogP contribution in [0.15, 0.2) is 53.7 Å². The van der Waals surface area contributed by atoms with Crippen molar-refractivity contribution in [2.24, 2.45) is 0 Å². The minimum atomic E-state index is -4.70. The maximum atomic E-state index is 14.2. The van der Waals surface area contributed by atoms with Crippen LogP contribution in [-0.2, 0) is 16.0 Å². The van der Waals surface area contributed by atoms with E-state index in [9.17, 15) is 26.0 Å². The highest BCUT2D eigenvalue weighted by molar-refractivity contribution is 7.90. The number of alkyl halides is 3. The number of nitrogens with zero attached hydrogens (tertiary/aromatic N) is 3. The Morgan fingerprint density at radius 3 is 2.38 bits per heavy atom. The van der Waals surface area contributed by atoms with Gasteiger partial charge >= 0.3 is 6.18 Å². The lowest BCUT2D eigenvalue weighted by atomic mass is 10.2. The van der Waals surface area contributed by atoms with Crippen molar-refractivity contribution in [3.63, 3.8) is 0 Å². The van der Waals surface area contributed by atoms with Crippen molar-refractivity contribution in [2.45, 2.75) is 11.1 Å². The molecular formula is C16H11F4N3O2S. The van der Waals surface area contributed by atoms with E-state index in [0.29, 0.717) is 5.56 Å². The molecule has 136 valence electrons. The van der Waals surface area contributed by atoms with Gasteiger partial charge in [-0.2, -0.15) is 18.3 Å². The van der Waals surface area contributed by atoms with Crippen molar-refractivity contribution in [2.75, 3.05) is 6.26 Å². The molecule has 2 heterocycles. The Bertz CT molecular complexity index is 1060. The Kier molecular flexibility index (Phi) is 4.31. The van der Waals surface area contributed by atoms with Crippen LogP contribution in [0.1, 0.15) is 5.69 Å². The summed E-state index contributed by atoms with van der Waals surface area (Å²) in [5.74, 6) is -1.08. The van der Waals surface area contributed by atoms with Gasteiger partial charge in [-0.1, -0.05) is 0 Å². The molecule has 1 aromatic carbocycles. The second-order valence-electron chi connectivity index (χ2n) is 5.45. The molecule has 5 nitrogen and oxygen atoms in total. The second kappa shape index (κ2) is 6.20. The summed E-state index contributed by atoms with van der Waals surface area (Å²) >= 11 is 0. The zero-order valence-corrected chi connectivity index (χ0v) is 14.0. The molecule has 0 saturated heterocycles. The van der Waals surface area contributed by atoms with Gasteiger partial charge in [0.25, 0.3) is 0 Å². The minimum Gasteiger partial charge on any atom is -0.264 e. The molecule has 0 atom stereocenters. The van der Waals surface area contributed by atoms with Crippen LogP contribution in [-0.4, -0.2) is 29.4 Å². The Morgan fingerprint density at radius 1 is 1.12 bits per heavy atom. The van der Waals surface area contributed by atoms with Gasteiger partial charge in [0.2, 0.25) is 0 Å². The van der Waals surface area contributed by atoms with Gasteiger partial charge < -0.3 is 0 Å². The third-order valence-electron chi connectivity index (χ3n) is 3.52. The smallest absolute Gasteiger partial charge is 0.264 e. The fourth-order valence-corrected chi connectivity index (χ4v) is 3.09. The van der Waals surface area contributed by atoms with Crippen molar-refractivity contribution in [1.82, 2.24) is 14.8 Å². The number of aromatic nitrogens is 3. The van der Waals surface area contributed by atoms with Crippen molar-refractivity contribution < 1.29 is 26.0 Å². The Balaban J connectivity index is 2.21. The molecule has 0 amide bonds. The molecule has 0 bridgehead atoms. The summed E-state index contributed by atoms with van der Waals surface area (Å²) in [6.07, 6.45) is -1.07. The van der Waals surface area contributed by atoms with Crippen molar-refractivity contribution in [3.05, 3.63) is 60.3 Å². The summed E-state index contributed by atoms with van der Waals surface area (Å²) in [5.41, 5.74) is -0.840. The van der Waals surface area contributed by atoms with Gasteiger partial charge in [0.15, 0.2) is 15.5 Å². The summed E-state index contributed by atoms with van der Waals surface area (Å²) in [6, 6.07) is 6.88. The molecule has 0 N–H and O–H groups in total. The van der Waals surface area contributed by atoms with E-state index in [0.717, 1.165) is 29.1 Å². The second-order valence-corrected chi connectivity index (χ2v) is 7.44. The molecule has 0 saturated carbocycles. The topological polar surface area (TPSA) is 64.8 Å². The van der Waals surface area contributed by atoms with Crippen LogP contribution in [0.4, 0.5) is 17.6 Å². The molecule has 0 fully saturated rings. The number of rotatable bonds is 3. The monoisotopic (exact) mass is 385 g/mol. The number of benzene rings is 1. The lowest BCUT2D eigenvalue weighted by Crippen LogP contribution is -2.08. The molecule has 2 aromatic heterocycles. The average Bonchev–Trinajstić information content (AvgIpc) is 3.00. The number of pyridine rings is 1. The molecule has 0 aliphatic heterocycles. The first-order valence-corrected chi connectivity index (χ1v) is 9.04. The van der Waals surface area contributed by atoms with E-state index in [4.69, 9.17) is 0 Å². The Hall–Kier alpha value is -2.75. The minimum absolute atomic E-state index is 0.0388. The van der Waals surface area contributed by atoms with Crippen molar-refractivity contribution in [3.8, 4) is 16.9 Å². The van der Waals surface area contributed by atoms with Gasteiger partial charge in [-0.25, -0.2) is 17.5 Å². The van der Waals surface area contributed by atoms with E-state index in [-0.39, 0.29) is 11.4 Å². The maximum Gasteiger partial charge on any atom is 0.435 e. The van der Waals surface area contributed by atoms with Crippen LogP contribution in [0, 0.1) is 5.82 Å². The van der Waals surface area contributed by atoms with E-state index in [1.807, 2.05) is 0 Å². The molecule has 0 unspecified atom stereocenters. The maximum absolute atomic E-state index is 14.2. The van der Waals surface area contributed by atoms with Gasteiger partial charge in [0.1, 0.15) is 10.7 Å². The lowest BCUT2D eigenvalue weighted by molar-refractivity contribution is -0.141. The highest BCUT2D eigenvalue weighted by Crippen LogP contribution is 2.33. The fourth-order valence-electron chi connectivity index (χ4n) is 2.36. The van der Waals surface area contributed by atoms with Crippen LogP contribution in [0.25, 0.3) is 16.9 Å². The van der Waals surface area contributed by atoms with E-state index in [2.05, 4.69) is 10.1 Å². The molecule has 3 aromatic rings. The highest BCUT2D eigenvalue weighted by Gasteiger charge is 2.35. The van der Waals surface area contributed by atoms with Crippen LogP contribution in [0.2, 0.25) is 0 Å². The Morgan fingerprint density at radius 2 is 1.85 bits per heavy atom. The summed E-state index contributed by atoms with van der Waals surface area (Å²) < 4.78 is 77.3. The number of halogens is 4. The largest absolute Gasteiger partial charge is 0.435 e. The van der Waals surface area contributed by atoms with E-state index in [1.165, 1.54) is 30.6 Å². The van der Waals surface area contributed by atoms with Gasteiger partial charge in [-0.3, -0.25) is 4.98 Å². The summed E-state index contributed by atoms with van der Waals surface area (Å²) in [7, 11) is -3.81. The predicted octanol–water partition coefficient (Wildman–Crippen LogP) is 3.50. The van der Waals surface area contributed by atoms with Gasteiger partial charge in [-0.15, -0.1) is 0 Å². The van der Waals surface area contributed by atoms with Crippen molar-refractivity contribution >= 4 is 9.84 Å². The quantitative estimate of drug-likeness (QED) is 0.648. The predicted molar refractivity (Wildman–Crippen MR) is 84.9 cm³/mol. The lowest BCUT2D eigenvalue weighted by Gasteiger charge is -2.09. The molecule has 0 radical (unpaired) electrons. The van der Waals surface area contributed by atoms with E-state index >= 15 is 0 Å². The SMILES string of the molecule is CS(=O)(=O)c1ccc(-n2nc(C(F)(F)F)cc2-c2cccnc2)cc1F. The van der Waals surface area contributed by atoms with Crippen LogP contribution >= 0.6 is 0 Å². The fraction of sp³-hybridized carbons (Fsp3) is 0.125. The Labute approximate surface area is 145 Å². The molecular weight excluding hydrogens is 374 g/mol. The van der Waals surface area contributed by atoms with E-state index in [1.54, 1.807) is 0 Å². The number of hydrogen-bond acceptors (Lipinski definition) is 4. The van der Waals surface area contributed by atoms with Crippen LogP contribution in [0.3, 0.4) is 0 Å². The third-order valence-corrected chi connectivity index (χ3v) is 4.65. The van der Waals surface area contributed by atoms with Crippen LogP contribution in [0.5, 0.6) is 0 Å².